The normalized spacial score (nSPS) is 11.7. The summed E-state index contributed by atoms with van der Waals surface area (Å²) >= 11 is 0. The molecule has 5 heteroatoms. The maximum atomic E-state index is 12.5. The molecule has 1 aromatic carbocycles. The van der Waals surface area contributed by atoms with E-state index in [2.05, 4.69) is 10.2 Å². The molecule has 0 unspecified atom stereocenters. The van der Waals surface area contributed by atoms with Crippen molar-refractivity contribution in [3.63, 3.8) is 0 Å². The predicted molar refractivity (Wildman–Crippen MR) is 49.0 cm³/mol. The fraction of sp³-hybridized carbons (Fsp3) is 0.100. The summed E-state index contributed by atoms with van der Waals surface area (Å²) in [5, 5.41) is 5.84. The number of nitrogens with one attached hydrogen (secondary N) is 1. The highest BCUT2D eigenvalue weighted by atomic mass is 19.4. The van der Waals surface area contributed by atoms with E-state index >= 15 is 0 Å². The van der Waals surface area contributed by atoms with Crippen LogP contribution in [0.25, 0.3) is 11.3 Å². The lowest BCUT2D eigenvalue weighted by atomic mass is 10.1. The van der Waals surface area contributed by atoms with Crippen LogP contribution < -0.4 is 0 Å². The summed E-state index contributed by atoms with van der Waals surface area (Å²) in [5.41, 5.74) is -0.358. The van der Waals surface area contributed by atoms with Gasteiger partial charge in [-0.15, -0.1) is 0 Å². The lowest BCUT2D eigenvalue weighted by molar-refractivity contribution is -0.137. The van der Waals surface area contributed by atoms with Gasteiger partial charge in [-0.1, -0.05) is 30.3 Å². The first-order valence-electron chi connectivity index (χ1n) is 4.25. The maximum Gasteiger partial charge on any atom is 0.420 e. The highest BCUT2D eigenvalue weighted by molar-refractivity contribution is 5.62. The van der Waals surface area contributed by atoms with Crippen molar-refractivity contribution in [3.05, 3.63) is 42.1 Å². The van der Waals surface area contributed by atoms with E-state index in [4.69, 9.17) is 0 Å². The van der Waals surface area contributed by atoms with Gasteiger partial charge in [0, 0.05) is 11.8 Å². The molecule has 15 heavy (non-hydrogen) atoms. The number of aromatic amines is 1. The molecule has 1 aromatic heterocycles. The second-order valence-corrected chi connectivity index (χ2v) is 3.01. The number of H-pyrrole nitrogens is 1. The van der Waals surface area contributed by atoms with Crippen LogP contribution in [0.4, 0.5) is 13.2 Å². The molecule has 0 fully saturated rings. The summed E-state index contributed by atoms with van der Waals surface area (Å²) in [6.07, 6.45) is -3.51. The van der Waals surface area contributed by atoms with Crippen molar-refractivity contribution in [2.75, 3.05) is 0 Å². The lowest BCUT2D eigenvalue weighted by Gasteiger charge is -2.05. The molecular weight excluding hydrogens is 205 g/mol. The van der Waals surface area contributed by atoms with E-state index < -0.39 is 11.7 Å². The molecule has 2 nitrogen and oxygen atoms in total. The zero-order chi connectivity index (χ0) is 10.9. The maximum absolute atomic E-state index is 12.5. The third-order valence-corrected chi connectivity index (χ3v) is 1.99. The van der Waals surface area contributed by atoms with Gasteiger partial charge in [-0.3, -0.25) is 5.10 Å². The number of hydrogen-bond acceptors (Lipinski definition) is 1. The van der Waals surface area contributed by atoms with Crippen LogP contribution in [0.15, 0.2) is 36.5 Å². The van der Waals surface area contributed by atoms with Crippen LogP contribution in [-0.4, -0.2) is 10.2 Å². The third-order valence-electron chi connectivity index (χ3n) is 1.99. The average Bonchev–Trinajstić information content (AvgIpc) is 2.67. The Morgan fingerprint density at radius 2 is 1.73 bits per heavy atom. The summed E-state index contributed by atoms with van der Waals surface area (Å²) in [4.78, 5) is 0. The summed E-state index contributed by atoms with van der Waals surface area (Å²) in [6.45, 7) is 0. The zero-order valence-electron chi connectivity index (χ0n) is 7.55. The molecule has 78 valence electrons. The smallest absolute Gasteiger partial charge is 0.284 e. The van der Waals surface area contributed by atoms with Gasteiger partial charge in [0.2, 0.25) is 0 Å². The van der Waals surface area contributed by atoms with Gasteiger partial charge in [0.15, 0.2) is 0 Å². The Morgan fingerprint density at radius 1 is 1.07 bits per heavy atom. The number of rotatable bonds is 1. The van der Waals surface area contributed by atoms with Crippen LogP contribution in [-0.2, 0) is 6.18 Å². The molecule has 0 bridgehead atoms. The topological polar surface area (TPSA) is 28.7 Å². The molecule has 0 aliphatic heterocycles. The van der Waals surface area contributed by atoms with Crippen molar-refractivity contribution in [2.45, 2.75) is 6.18 Å². The Balaban J connectivity index is 2.51. The van der Waals surface area contributed by atoms with Crippen molar-refractivity contribution in [3.8, 4) is 11.3 Å². The largest absolute Gasteiger partial charge is 0.420 e. The SMILES string of the molecule is FC(F)(F)c1c[nH]nc1-c1ccccc1. The van der Waals surface area contributed by atoms with E-state index in [-0.39, 0.29) is 5.69 Å². The van der Waals surface area contributed by atoms with Gasteiger partial charge in [0.05, 0.1) is 0 Å². The zero-order valence-corrected chi connectivity index (χ0v) is 7.55. The Labute approximate surface area is 83.7 Å². The number of alkyl halides is 3. The Morgan fingerprint density at radius 3 is 2.33 bits per heavy atom. The average molecular weight is 212 g/mol. The van der Waals surface area contributed by atoms with Crippen LogP contribution in [0.1, 0.15) is 5.56 Å². The number of aromatic nitrogens is 2. The number of hydrogen-bond donors (Lipinski definition) is 1. The van der Waals surface area contributed by atoms with Gasteiger partial charge < -0.3 is 0 Å². The number of halogens is 3. The summed E-state index contributed by atoms with van der Waals surface area (Å²) in [5.74, 6) is 0. The summed E-state index contributed by atoms with van der Waals surface area (Å²) in [6, 6.07) is 8.26. The van der Waals surface area contributed by atoms with Crippen molar-refractivity contribution in [1.29, 1.82) is 0 Å². The van der Waals surface area contributed by atoms with Crippen LogP contribution in [0.5, 0.6) is 0 Å². The molecule has 1 N–H and O–H groups in total. The standard InChI is InChI=1S/C10H7F3N2/c11-10(12,13)8-6-14-15-9(8)7-4-2-1-3-5-7/h1-6H,(H,14,15). The predicted octanol–water partition coefficient (Wildman–Crippen LogP) is 3.10. The molecule has 1 heterocycles. The van der Waals surface area contributed by atoms with E-state index in [9.17, 15) is 13.2 Å². The van der Waals surface area contributed by atoms with Crippen molar-refractivity contribution in [1.82, 2.24) is 10.2 Å². The van der Waals surface area contributed by atoms with Gasteiger partial charge in [-0.2, -0.15) is 18.3 Å². The molecule has 0 aliphatic rings. The second-order valence-electron chi connectivity index (χ2n) is 3.01. The fourth-order valence-electron chi connectivity index (χ4n) is 1.32. The first-order chi connectivity index (χ1) is 7.09. The van der Waals surface area contributed by atoms with Crippen molar-refractivity contribution in [2.24, 2.45) is 0 Å². The van der Waals surface area contributed by atoms with E-state index in [0.29, 0.717) is 5.56 Å². The number of benzene rings is 1. The summed E-state index contributed by atoms with van der Waals surface area (Å²) in [7, 11) is 0. The lowest BCUT2D eigenvalue weighted by Crippen LogP contribution is -2.05. The molecular formula is C10H7F3N2. The Bertz CT molecular complexity index is 445. The molecule has 0 amide bonds. The monoisotopic (exact) mass is 212 g/mol. The van der Waals surface area contributed by atoms with Crippen LogP contribution >= 0.6 is 0 Å². The van der Waals surface area contributed by atoms with Crippen LogP contribution in [0, 0.1) is 0 Å². The minimum Gasteiger partial charge on any atom is -0.284 e. The minimum atomic E-state index is -4.38. The number of nitrogens with zero attached hydrogens (tertiary/aromatic N) is 1. The van der Waals surface area contributed by atoms with Crippen molar-refractivity contribution >= 4 is 0 Å². The van der Waals surface area contributed by atoms with Gasteiger partial charge in [-0.05, 0) is 0 Å². The Hall–Kier alpha value is -1.78. The highest BCUT2D eigenvalue weighted by Gasteiger charge is 2.35. The van der Waals surface area contributed by atoms with E-state index in [1.165, 1.54) is 0 Å². The van der Waals surface area contributed by atoms with Crippen molar-refractivity contribution < 1.29 is 13.2 Å². The Kier molecular flexibility index (Phi) is 2.22. The van der Waals surface area contributed by atoms with Gasteiger partial charge in [0.1, 0.15) is 11.3 Å². The van der Waals surface area contributed by atoms with Gasteiger partial charge in [0.25, 0.3) is 0 Å². The highest BCUT2D eigenvalue weighted by Crippen LogP contribution is 2.35. The van der Waals surface area contributed by atoms with E-state index in [1.54, 1.807) is 30.3 Å². The second kappa shape index (κ2) is 3.42. The van der Waals surface area contributed by atoms with Crippen LogP contribution in [0.3, 0.4) is 0 Å². The molecule has 0 spiro atoms. The molecule has 0 saturated heterocycles. The van der Waals surface area contributed by atoms with Crippen LogP contribution in [0.2, 0.25) is 0 Å². The van der Waals surface area contributed by atoms with Gasteiger partial charge >= 0.3 is 6.18 Å². The third kappa shape index (κ3) is 1.86. The molecule has 2 rings (SSSR count). The van der Waals surface area contributed by atoms with Gasteiger partial charge in [-0.25, -0.2) is 0 Å². The van der Waals surface area contributed by atoms with E-state index in [0.717, 1.165) is 6.20 Å². The summed E-state index contributed by atoms with van der Waals surface area (Å²) < 4.78 is 37.5. The molecule has 0 atom stereocenters. The first-order valence-corrected chi connectivity index (χ1v) is 4.25. The fourth-order valence-corrected chi connectivity index (χ4v) is 1.32. The molecule has 2 aromatic rings. The minimum absolute atomic E-state index is 0.0666. The molecule has 0 radical (unpaired) electrons. The molecule has 0 aliphatic carbocycles. The van der Waals surface area contributed by atoms with E-state index in [1.807, 2.05) is 0 Å². The first kappa shape index (κ1) is 9.76. The quantitative estimate of drug-likeness (QED) is 0.773. The molecule has 0 saturated carbocycles.